The molecule has 1 atom stereocenters. The van der Waals surface area contributed by atoms with Crippen LogP contribution in [-0.4, -0.2) is 43.6 Å². The van der Waals surface area contributed by atoms with Crippen molar-refractivity contribution in [1.29, 1.82) is 0 Å². The zero-order valence-electron chi connectivity index (χ0n) is 13.3. The molecule has 0 saturated carbocycles. The summed E-state index contributed by atoms with van der Waals surface area (Å²) in [6.07, 6.45) is 2.72. The van der Waals surface area contributed by atoms with E-state index in [0.29, 0.717) is 0 Å². The lowest BCUT2D eigenvalue weighted by molar-refractivity contribution is 0.187. The van der Waals surface area contributed by atoms with E-state index in [-0.39, 0.29) is 0 Å². The highest BCUT2D eigenvalue weighted by atomic mass is 32.1. The topological polar surface area (TPSA) is 39.7 Å². The third kappa shape index (κ3) is 6.06. The third-order valence-corrected chi connectivity index (χ3v) is 4.64. The van der Waals surface area contributed by atoms with Gasteiger partial charge in [-0.1, -0.05) is 13.0 Å². The molecule has 1 aromatic rings. The molecule has 1 aromatic heterocycles. The molecule has 0 spiro atoms. The number of rotatable bonds is 6. The van der Waals surface area contributed by atoms with Gasteiger partial charge in [0.2, 0.25) is 0 Å². The van der Waals surface area contributed by atoms with Crippen molar-refractivity contribution in [3.63, 3.8) is 0 Å². The van der Waals surface area contributed by atoms with E-state index in [1.54, 1.807) is 11.3 Å². The molecule has 1 saturated heterocycles. The lowest BCUT2D eigenvalue weighted by atomic mass is 10.0. The average molecular weight is 308 g/mol. The van der Waals surface area contributed by atoms with Crippen molar-refractivity contribution in [3.8, 4) is 0 Å². The van der Waals surface area contributed by atoms with E-state index in [1.165, 1.54) is 30.8 Å². The lowest BCUT2D eigenvalue weighted by Crippen LogP contribution is -2.43. The summed E-state index contributed by atoms with van der Waals surface area (Å²) >= 11 is 1.76. The van der Waals surface area contributed by atoms with Gasteiger partial charge in [0.1, 0.15) is 0 Å². The quantitative estimate of drug-likeness (QED) is 0.627. The number of guanidine groups is 1. The number of hydrogen-bond donors (Lipinski definition) is 2. The normalized spacial score (nSPS) is 20.5. The van der Waals surface area contributed by atoms with Crippen molar-refractivity contribution in [2.45, 2.75) is 33.2 Å². The van der Waals surface area contributed by atoms with Gasteiger partial charge >= 0.3 is 0 Å². The fraction of sp³-hybridized carbons (Fsp3) is 0.688. The molecule has 0 radical (unpaired) electrons. The van der Waals surface area contributed by atoms with Crippen LogP contribution in [0.15, 0.2) is 22.5 Å². The van der Waals surface area contributed by atoms with Crippen LogP contribution in [0.5, 0.6) is 0 Å². The van der Waals surface area contributed by atoms with E-state index in [0.717, 1.165) is 38.1 Å². The van der Waals surface area contributed by atoms with Gasteiger partial charge in [-0.25, -0.2) is 4.99 Å². The Bertz CT molecular complexity index is 416. The van der Waals surface area contributed by atoms with E-state index in [1.807, 2.05) is 0 Å². The Balaban J connectivity index is 1.73. The van der Waals surface area contributed by atoms with Crippen LogP contribution in [0.1, 0.15) is 31.6 Å². The van der Waals surface area contributed by atoms with E-state index in [4.69, 9.17) is 0 Å². The number of nitrogens with one attached hydrogen (secondary N) is 2. The molecule has 2 rings (SSSR count). The zero-order valence-corrected chi connectivity index (χ0v) is 14.1. The molecule has 1 fully saturated rings. The fourth-order valence-electron chi connectivity index (χ4n) is 2.72. The standard InChI is InChI=1S/C16H28N4S/c1-3-17-16(19-12-15-7-5-11-21-15)18-8-10-20-9-4-6-14(2)13-20/h5,7,11,14H,3-4,6,8-10,12-13H2,1-2H3,(H2,17,18,19). The Labute approximate surface area is 132 Å². The number of nitrogens with zero attached hydrogens (tertiary/aromatic N) is 2. The summed E-state index contributed by atoms with van der Waals surface area (Å²) < 4.78 is 0. The Hall–Kier alpha value is -1.07. The van der Waals surface area contributed by atoms with Crippen molar-refractivity contribution in [1.82, 2.24) is 15.5 Å². The Morgan fingerprint density at radius 1 is 1.48 bits per heavy atom. The number of hydrogen-bond acceptors (Lipinski definition) is 3. The van der Waals surface area contributed by atoms with Crippen molar-refractivity contribution in [2.24, 2.45) is 10.9 Å². The van der Waals surface area contributed by atoms with Crippen LogP contribution in [0, 0.1) is 5.92 Å². The smallest absolute Gasteiger partial charge is 0.191 e. The Morgan fingerprint density at radius 2 is 2.38 bits per heavy atom. The van der Waals surface area contributed by atoms with Crippen molar-refractivity contribution < 1.29 is 0 Å². The summed E-state index contributed by atoms with van der Waals surface area (Å²) in [4.78, 5) is 8.50. The van der Waals surface area contributed by atoms with Crippen LogP contribution in [-0.2, 0) is 6.54 Å². The summed E-state index contributed by atoms with van der Waals surface area (Å²) in [6, 6.07) is 4.21. The van der Waals surface area contributed by atoms with Crippen molar-refractivity contribution >= 4 is 17.3 Å². The van der Waals surface area contributed by atoms with E-state index in [2.05, 4.69) is 51.9 Å². The average Bonchev–Trinajstić information content (AvgIpc) is 2.98. The van der Waals surface area contributed by atoms with Crippen LogP contribution < -0.4 is 10.6 Å². The summed E-state index contributed by atoms with van der Waals surface area (Å²) in [5.41, 5.74) is 0. The first-order valence-corrected chi connectivity index (χ1v) is 8.92. The van der Waals surface area contributed by atoms with Crippen LogP contribution in [0.2, 0.25) is 0 Å². The van der Waals surface area contributed by atoms with Crippen LogP contribution >= 0.6 is 11.3 Å². The molecule has 1 aliphatic rings. The summed E-state index contributed by atoms with van der Waals surface area (Å²) in [5, 5.41) is 8.86. The fourth-order valence-corrected chi connectivity index (χ4v) is 3.35. The molecular weight excluding hydrogens is 280 g/mol. The molecule has 1 unspecified atom stereocenters. The molecule has 4 nitrogen and oxygen atoms in total. The first kappa shape index (κ1) is 16.3. The molecule has 0 aliphatic carbocycles. The molecule has 5 heteroatoms. The Morgan fingerprint density at radius 3 is 3.10 bits per heavy atom. The third-order valence-electron chi connectivity index (χ3n) is 3.78. The number of piperidine rings is 1. The van der Waals surface area contributed by atoms with Crippen molar-refractivity contribution in [3.05, 3.63) is 22.4 Å². The largest absolute Gasteiger partial charge is 0.357 e. The summed E-state index contributed by atoms with van der Waals surface area (Å²) in [7, 11) is 0. The predicted octanol–water partition coefficient (Wildman–Crippen LogP) is 2.54. The minimum absolute atomic E-state index is 0.758. The number of thiophene rings is 1. The molecular formula is C16H28N4S. The maximum Gasteiger partial charge on any atom is 0.191 e. The molecule has 0 amide bonds. The van der Waals surface area contributed by atoms with Gasteiger partial charge in [-0.3, -0.25) is 0 Å². The highest BCUT2D eigenvalue weighted by Gasteiger charge is 2.15. The van der Waals surface area contributed by atoms with Gasteiger partial charge < -0.3 is 15.5 Å². The minimum atomic E-state index is 0.758. The molecule has 21 heavy (non-hydrogen) atoms. The van der Waals surface area contributed by atoms with Gasteiger partial charge in [-0.2, -0.15) is 0 Å². The van der Waals surface area contributed by atoms with Gasteiger partial charge in [0, 0.05) is 31.1 Å². The maximum atomic E-state index is 4.64. The molecule has 2 N–H and O–H groups in total. The van der Waals surface area contributed by atoms with Crippen molar-refractivity contribution in [2.75, 3.05) is 32.7 Å². The van der Waals surface area contributed by atoms with Crippen LogP contribution in [0.4, 0.5) is 0 Å². The van der Waals surface area contributed by atoms with E-state index >= 15 is 0 Å². The van der Waals surface area contributed by atoms with Crippen LogP contribution in [0.3, 0.4) is 0 Å². The van der Waals surface area contributed by atoms with Gasteiger partial charge in [-0.05, 0) is 43.7 Å². The molecule has 1 aliphatic heterocycles. The van der Waals surface area contributed by atoms with Gasteiger partial charge in [0.05, 0.1) is 6.54 Å². The van der Waals surface area contributed by atoms with Gasteiger partial charge in [-0.15, -0.1) is 11.3 Å². The Kier molecular flexibility index (Phi) is 7.03. The number of likely N-dealkylation sites (tertiary alicyclic amines) is 1. The second-order valence-corrected chi connectivity index (χ2v) is 6.78. The van der Waals surface area contributed by atoms with E-state index in [9.17, 15) is 0 Å². The van der Waals surface area contributed by atoms with Gasteiger partial charge in [0.15, 0.2) is 5.96 Å². The maximum absolute atomic E-state index is 4.64. The van der Waals surface area contributed by atoms with Crippen LogP contribution in [0.25, 0.3) is 0 Å². The first-order chi connectivity index (χ1) is 10.3. The zero-order chi connectivity index (χ0) is 14.9. The molecule has 118 valence electrons. The number of aliphatic imine (C=N–C) groups is 1. The monoisotopic (exact) mass is 308 g/mol. The molecule has 0 aromatic carbocycles. The molecule has 2 heterocycles. The van der Waals surface area contributed by atoms with E-state index < -0.39 is 0 Å². The second-order valence-electron chi connectivity index (χ2n) is 5.75. The van der Waals surface area contributed by atoms with Gasteiger partial charge in [0.25, 0.3) is 0 Å². The molecule has 0 bridgehead atoms. The first-order valence-electron chi connectivity index (χ1n) is 8.05. The second kappa shape index (κ2) is 9.05. The summed E-state index contributed by atoms with van der Waals surface area (Å²) in [5.74, 6) is 1.77. The summed E-state index contributed by atoms with van der Waals surface area (Å²) in [6.45, 7) is 10.7. The predicted molar refractivity (Wildman–Crippen MR) is 92.0 cm³/mol. The minimum Gasteiger partial charge on any atom is -0.357 e. The SMILES string of the molecule is CCNC(=NCc1cccs1)NCCN1CCCC(C)C1. The lowest BCUT2D eigenvalue weighted by Gasteiger charge is -2.30. The highest BCUT2D eigenvalue weighted by Crippen LogP contribution is 2.14. The highest BCUT2D eigenvalue weighted by molar-refractivity contribution is 7.09.